The second-order valence-corrected chi connectivity index (χ2v) is 5.77. The van der Waals surface area contributed by atoms with Gasteiger partial charge in [-0.15, -0.1) is 0 Å². The fourth-order valence-electron chi connectivity index (χ4n) is 1.48. The molecule has 0 unspecified atom stereocenters. The summed E-state index contributed by atoms with van der Waals surface area (Å²) in [5.41, 5.74) is 0.963. The van der Waals surface area contributed by atoms with Gasteiger partial charge in [0.05, 0.1) is 9.68 Å². The fourth-order valence-corrected chi connectivity index (χ4v) is 2.89. The predicted octanol–water partition coefficient (Wildman–Crippen LogP) is 1.39. The molecule has 0 aliphatic heterocycles. The molecule has 62 valence electrons. The van der Waals surface area contributed by atoms with Crippen LogP contribution in [-0.4, -0.2) is 16.7 Å². The van der Waals surface area contributed by atoms with Crippen molar-refractivity contribution < 1.29 is 0 Å². The Balaban J connectivity index is 3.73. The summed E-state index contributed by atoms with van der Waals surface area (Å²) in [6.45, 7) is 9.31. The first-order valence-electron chi connectivity index (χ1n) is 4.24. The Morgan fingerprint density at radius 1 is 1.00 bits per heavy atom. The maximum atomic E-state index is 3.37. The molecule has 0 aliphatic carbocycles. The average Bonchev–Trinajstić information content (AvgIpc) is 1.81. The molecule has 0 atom stereocenters. The second kappa shape index (κ2) is 4.91. The molecular weight excluding hydrogens is 138 g/mol. The van der Waals surface area contributed by atoms with E-state index in [9.17, 15) is 0 Å². The van der Waals surface area contributed by atoms with E-state index >= 15 is 0 Å². The molecule has 0 aromatic carbocycles. The van der Waals surface area contributed by atoms with Gasteiger partial charge in [0.25, 0.3) is 0 Å². The van der Waals surface area contributed by atoms with Crippen LogP contribution in [0.2, 0.25) is 5.54 Å². The molecule has 0 aromatic rings. The van der Waals surface area contributed by atoms with Crippen LogP contribution in [-0.2, 0) is 0 Å². The standard InChI is InChI=1S/C8H21NSi/c1-6(2)8(7(3)4)10-9-5/h6-9H,10H2,1-5H3. The summed E-state index contributed by atoms with van der Waals surface area (Å²) < 4.78 is 0. The summed E-state index contributed by atoms with van der Waals surface area (Å²) in [5, 5.41) is 0. The van der Waals surface area contributed by atoms with E-state index in [1.54, 1.807) is 0 Å². The fraction of sp³-hybridized carbons (Fsp3) is 1.00. The molecule has 0 amide bonds. The van der Waals surface area contributed by atoms with Crippen LogP contribution in [0.3, 0.4) is 0 Å². The van der Waals surface area contributed by atoms with E-state index in [1.807, 2.05) is 0 Å². The predicted molar refractivity (Wildman–Crippen MR) is 51.0 cm³/mol. The Morgan fingerprint density at radius 2 is 1.40 bits per heavy atom. The van der Waals surface area contributed by atoms with Crippen LogP contribution < -0.4 is 4.98 Å². The Labute approximate surface area is 67.5 Å². The van der Waals surface area contributed by atoms with Gasteiger partial charge in [0.2, 0.25) is 0 Å². The third kappa shape index (κ3) is 3.37. The Bertz CT molecular complexity index is 73.3. The maximum Gasteiger partial charge on any atom is 0.0949 e. The zero-order chi connectivity index (χ0) is 8.15. The summed E-state index contributed by atoms with van der Waals surface area (Å²) in [6.07, 6.45) is 0. The largest absolute Gasteiger partial charge is 0.345 e. The van der Waals surface area contributed by atoms with Crippen molar-refractivity contribution in [3.8, 4) is 0 Å². The van der Waals surface area contributed by atoms with Gasteiger partial charge < -0.3 is 4.98 Å². The first-order valence-corrected chi connectivity index (χ1v) is 5.76. The smallest absolute Gasteiger partial charge is 0.0949 e. The highest BCUT2D eigenvalue weighted by Gasteiger charge is 2.16. The Hall–Kier alpha value is 0.177. The van der Waals surface area contributed by atoms with E-state index in [2.05, 4.69) is 39.7 Å². The monoisotopic (exact) mass is 159 g/mol. The highest BCUT2D eigenvalue weighted by molar-refractivity contribution is 6.34. The molecular formula is C8H21NSi. The number of hydrogen-bond acceptors (Lipinski definition) is 1. The highest BCUT2D eigenvalue weighted by Crippen LogP contribution is 2.24. The van der Waals surface area contributed by atoms with E-state index in [1.165, 1.54) is 0 Å². The molecule has 2 heteroatoms. The molecule has 1 nitrogen and oxygen atoms in total. The second-order valence-electron chi connectivity index (χ2n) is 3.71. The van der Waals surface area contributed by atoms with Gasteiger partial charge in [0, 0.05) is 0 Å². The van der Waals surface area contributed by atoms with Crippen LogP contribution in [0.5, 0.6) is 0 Å². The number of hydrogen-bond donors (Lipinski definition) is 1. The van der Waals surface area contributed by atoms with Gasteiger partial charge in [-0.3, -0.25) is 0 Å². The molecule has 0 aromatic heterocycles. The zero-order valence-electron chi connectivity index (χ0n) is 7.94. The van der Waals surface area contributed by atoms with Crippen LogP contribution in [0.25, 0.3) is 0 Å². The van der Waals surface area contributed by atoms with Crippen LogP contribution in [0.15, 0.2) is 0 Å². The van der Waals surface area contributed by atoms with Gasteiger partial charge in [-0.2, -0.15) is 0 Å². The topological polar surface area (TPSA) is 12.0 Å². The van der Waals surface area contributed by atoms with Crippen LogP contribution in [0.1, 0.15) is 27.7 Å². The summed E-state index contributed by atoms with van der Waals surface area (Å²) in [7, 11) is 2.08. The van der Waals surface area contributed by atoms with Crippen molar-refractivity contribution >= 4 is 9.68 Å². The van der Waals surface area contributed by atoms with Crippen LogP contribution >= 0.6 is 0 Å². The van der Waals surface area contributed by atoms with Crippen molar-refractivity contribution in [3.05, 3.63) is 0 Å². The third-order valence-electron chi connectivity index (χ3n) is 2.15. The van der Waals surface area contributed by atoms with Crippen molar-refractivity contribution in [2.75, 3.05) is 7.05 Å². The van der Waals surface area contributed by atoms with Crippen molar-refractivity contribution in [2.45, 2.75) is 33.2 Å². The molecule has 0 heterocycles. The molecule has 1 N–H and O–H groups in total. The van der Waals surface area contributed by atoms with Gasteiger partial charge in [0.1, 0.15) is 0 Å². The first-order chi connectivity index (χ1) is 4.59. The van der Waals surface area contributed by atoms with Crippen molar-refractivity contribution in [3.63, 3.8) is 0 Å². The molecule has 0 bridgehead atoms. The average molecular weight is 159 g/mol. The van der Waals surface area contributed by atoms with Gasteiger partial charge >= 0.3 is 0 Å². The molecule has 0 spiro atoms. The van der Waals surface area contributed by atoms with E-state index < -0.39 is 0 Å². The van der Waals surface area contributed by atoms with Gasteiger partial charge in [-0.25, -0.2) is 0 Å². The minimum Gasteiger partial charge on any atom is -0.345 e. The number of rotatable bonds is 4. The molecule has 0 aliphatic rings. The molecule has 0 saturated carbocycles. The van der Waals surface area contributed by atoms with Gasteiger partial charge in [-0.1, -0.05) is 27.7 Å². The van der Waals surface area contributed by atoms with Crippen molar-refractivity contribution in [2.24, 2.45) is 11.8 Å². The Kier molecular flexibility index (Phi) is 5.00. The van der Waals surface area contributed by atoms with E-state index in [4.69, 9.17) is 0 Å². The molecule has 10 heavy (non-hydrogen) atoms. The normalized spacial score (nSPS) is 13.2. The van der Waals surface area contributed by atoms with Gasteiger partial charge in [0.15, 0.2) is 0 Å². The van der Waals surface area contributed by atoms with Gasteiger partial charge in [-0.05, 0) is 24.4 Å². The molecule has 0 fully saturated rings. The lowest BCUT2D eigenvalue weighted by molar-refractivity contribution is 0.461. The quantitative estimate of drug-likeness (QED) is 0.611. The Morgan fingerprint density at radius 3 is 1.50 bits per heavy atom. The van der Waals surface area contributed by atoms with Crippen LogP contribution in [0, 0.1) is 11.8 Å². The van der Waals surface area contributed by atoms with Crippen LogP contribution in [0.4, 0.5) is 0 Å². The summed E-state index contributed by atoms with van der Waals surface area (Å²) in [6, 6.07) is 0. The molecule has 0 radical (unpaired) electrons. The lowest BCUT2D eigenvalue weighted by atomic mass is 10.00. The van der Waals surface area contributed by atoms with E-state index in [-0.39, 0.29) is 9.68 Å². The summed E-state index contributed by atoms with van der Waals surface area (Å²) >= 11 is 0. The van der Waals surface area contributed by atoms with E-state index in [0.29, 0.717) is 0 Å². The summed E-state index contributed by atoms with van der Waals surface area (Å²) in [5.74, 6) is 1.72. The van der Waals surface area contributed by atoms with Crippen molar-refractivity contribution in [1.29, 1.82) is 0 Å². The summed E-state index contributed by atoms with van der Waals surface area (Å²) in [4.78, 5) is 3.37. The number of nitrogens with one attached hydrogen (secondary N) is 1. The third-order valence-corrected chi connectivity index (χ3v) is 4.92. The lowest BCUT2D eigenvalue weighted by Crippen LogP contribution is -2.26. The maximum absolute atomic E-state index is 3.37. The molecule has 0 saturated heterocycles. The lowest BCUT2D eigenvalue weighted by Gasteiger charge is -2.23. The zero-order valence-corrected chi connectivity index (χ0v) is 9.35. The highest BCUT2D eigenvalue weighted by atomic mass is 28.2. The van der Waals surface area contributed by atoms with Crippen molar-refractivity contribution in [1.82, 2.24) is 4.98 Å². The SMILES string of the molecule is CN[SiH2]C(C(C)C)C(C)C. The minimum absolute atomic E-state index is 0.00926. The minimum atomic E-state index is -0.00926. The van der Waals surface area contributed by atoms with E-state index in [0.717, 1.165) is 17.4 Å². The first kappa shape index (κ1) is 10.2. The molecule has 0 rings (SSSR count).